The first-order valence-electron chi connectivity index (χ1n) is 7.47. The van der Waals surface area contributed by atoms with E-state index in [-0.39, 0.29) is 15.8 Å². The average molecular weight is 346 g/mol. The van der Waals surface area contributed by atoms with Crippen molar-refractivity contribution in [1.29, 1.82) is 0 Å². The Morgan fingerprint density at radius 2 is 1.68 bits per heavy atom. The maximum absolute atomic E-state index is 12.2. The number of rotatable bonds is 9. The number of nitrogens with one attached hydrogen (secondary N) is 2. The summed E-state index contributed by atoms with van der Waals surface area (Å²) in [5.74, 6) is 0. The van der Waals surface area contributed by atoms with E-state index in [9.17, 15) is 16.8 Å². The van der Waals surface area contributed by atoms with Gasteiger partial charge in [0.2, 0.25) is 20.0 Å². The van der Waals surface area contributed by atoms with E-state index in [1.165, 1.54) is 24.3 Å². The Labute approximate surface area is 132 Å². The van der Waals surface area contributed by atoms with E-state index in [0.717, 1.165) is 32.1 Å². The fraction of sp³-hybridized carbons (Fsp3) is 0.571. The standard InChI is InChI=1S/C14H22N2O4S2/c1-2-3-4-10-15-21(17,18)13-6-5-7-14(11-13)22(19,20)16-12-8-9-12/h5-7,11-12,15-16H,2-4,8-10H2,1H3. The van der Waals surface area contributed by atoms with Crippen molar-refractivity contribution in [1.82, 2.24) is 9.44 Å². The van der Waals surface area contributed by atoms with E-state index in [1.54, 1.807) is 0 Å². The zero-order valence-electron chi connectivity index (χ0n) is 12.6. The zero-order chi connectivity index (χ0) is 16.2. The molecule has 1 aromatic carbocycles. The predicted octanol–water partition coefficient (Wildman–Crippen LogP) is 1.60. The van der Waals surface area contributed by atoms with Crippen LogP contribution in [0.2, 0.25) is 0 Å². The van der Waals surface area contributed by atoms with Crippen LogP contribution in [0.4, 0.5) is 0 Å². The van der Waals surface area contributed by atoms with Crippen LogP contribution in [-0.4, -0.2) is 29.4 Å². The van der Waals surface area contributed by atoms with Gasteiger partial charge in [-0.15, -0.1) is 0 Å². The molecular weight excluding hydrogens is 324 g/mol. The quantitative estimate of drug-likeness (QED) is 0.664. The summed E-state index contributed by atoms with van der Waals surface area (Å²) in [4.78, 5) is -0.0431. The van der Waals surface area contributed by atoms with Crippen LogP contribution >= 0.6 is 0 Å². The van der Waals surface area contributed by atoms with Gasteiger partial charge in [0, 0.05) is 12.6 Å². The summed E-state index contributed by atoms with van der Waals surface area (Å²) in [5, 5.41) is 0. The third-order valence-corrected chi connectivity index (χ3v) is 6.37. The molecule has 0 bridgehead atoms. The molecule has 0 spiro atoms. The molecule has 0 amide bonds. The molecule has 8 heteroatoms. The number of benzene rings is 1. The average Bonchev–Trinajstić information content (AvgIpc) is 3.27. The lowest BCUT2D eigenvalue weighted by atomic mass is 10.3. The van der Waals surface area contributed by atoms with Gasteiger partial charge in [-0.05, 0) is 37.5 Å². The maximum Gasteiger partial charge on any atom is 0.240 e. The Balaban J connectivity index is 2.13. The highest BCUT2D eigenvalue weighted by Gasteiger charge is 2.28. The summed E-state index contributed by atoms with van der Waals surface area (Å²) >= 11 is 0. The lowest BCUT2D eigenvalue weighted by Gasteiger charge is -2.09. The second-order valence-corrected chi connectivity index (χ2v) is 8.96. The fourth-order valence-electron chi connectivity index (χ4n) is 1.96. The van der Waals surface area contributed by atoms with Gasteiger partial charge in [-0.25, -0.2) is 26.3 Å². The van der Waals surface area contributed by atoms with Gasteiger partial charge in [-0.3, -0.25) is 0 Å². The Morgan fingerprint density at radius 3 is 2.27 bits per heavy atom. The van der Waals surface area contributed by atoms with Crippen molar-refractivity contribution in [3.8, 4) is 0 Å². The number of hydrogen-bond donors (Lipinski definition) is 2. The monoisotopic (exact) mass is 346 g/mol. The largest absolute Gasteiger partial charge is 0.240 e. The van der Waals surface area contributed by atoms with Crippen LogP contribution in [0.15, 0.2) is 34.1 Å². The molecule has 1 saturated carbocycles. The van der Waals surface area contributed by atoms with Crippen LogP contribution in [0.25, 0.3) is 0 Å². The molecule has 0 unspecified atom stereocenters. The minimum Gasteiger partial charge on any atom is -0.211 e. The van der Waals surface area contributed by atoms with Gasteiger partial charge >= 0.3 is 0 Å². The normalized spacial score (nSPS) is 15.9. The molecule has 0 radical (unpaired) electrons. The third-order valence-electron chi connectivity index (χ3n) is 3.40. The van der Waals surface area contributed by atoms with Gasteiger partial charge in [0.05, 0.1) is 9.79 Å². The Morgan fingerprint density at radius 1 is 1.05 bits per heavy atom. The first-order valence-corrected chi connectivity index (χ1v) is 10.4. The lowest BCUT2D eigenvalue weighted by molar-refractivity contribution is 0.575. The third kappa shape index (κ3) is 4.77. The molecule has 124 valence electrons. The molecule has 2 N–H and O–H groups in total. The fourth-order valence-corrected chi connectivity index (χ4v) is 4.51. The maximum atomic E-state index is 12.2. The second-order valence-electron chi connectivity index (χ2n) is 5.48. The van der Waals surface area contributed by atoms with Crippen molar-refractivity contribution in [2.45, 2.75) is 54.9 Å². The van der Waals surface area contributed by atoms with E-state index < -0.39 is 20.0 Å². The number of hydrogen-bond acceptors (Lipinski definition) is 4. The topological polar surface area (TPSA) is 92.3 Å². The molecule has 0 atom stereocenters. The van der Waals surface area contributed by atoms with Crippen LogP contribution in [0.3, 0.4) is 0 Å². The van der Waals surface area contributed by atoms with E-state index >= 15 is 0 Å². The van der Waals surface area contributed by atoms with Crippen LogP contribution in [0.1, 0.15) is 39.0 Å². The van der Waals surface area contributed by atoms with Gasteiger partial charge in [-0.1, -0.05) is 25.8 Å². The van der Waals surface area contributed by atoms with Crippen LogP contribution in [0.5, 0.6) is 0 Å². The van der Waals surface area contributed by atoms with Crippen molar-refractivity contribution in [3.05, 3.63) is 24.3 Å². The minimum absolute atomic E-state index is 0.0163. The summed E-state index contributed by atoms with van der Waals surface area (Å²) in [7, 11) is -7.33. The molecule has 1 fully saturated rings. The molecule has 1 aromatic rings. The van der Waals surface area contributed by atoms with Crippen molar-refractivity contribution in [2.75, 3.05) is 6.54 Å². The molecular formula is C14H22N2O4S2. The lowest BCUT2D eigenvalue weighted by Crippen LogP contribution is -2.27. The minimum atomic E-state index is -3.68. The second kappa shape index (κ2) is 7.08. The Bertz CT molecular complexity index is 710. The van der Waals surface area contributed by atoms with E-state index in [0.29, 0.717) is 6.54 Å². The molecule has 2 rings (SSSR count). The van der Waals surface area contributed by atoms with Crippen LogP contribution in [-0.2, 0) is 20.0 Å². The molecule has 0 aromatic heterocycles. The van der Waals surface area contributed by atoms with E-state index in [1.807, 2.05) is 6.92 Å². The summed E-state index contributed by atoms with van der Waals surface area (Å²) in [5.41, 5.74) is 0. The van der Waals surface area contributed by atoms with Gasteiger partial charge < -0.3 is 0 Å². The highest BCUT2D eigenvalue weighted by atomic mass is 32.2. The molecule has 0 saturated heterocycles. The molecule has 1 aliphatic carbocycles. The Hall–Kier alpha value is -0.960. The summed E-state index contributed by atoms with van der Waals surface area (Å²) in [6, 6.07) is 5.44. The van der Waals surface area contributed by atoms with Crippen molar-refractivity contribution in [2.24, 2.45) is 0 Å². The number of unbranched alkanes of at least 4 members (excludes halogenated alkanes) is 2. The van der Waals surface area contributed by atoms with Gasteiger partial charge in [-0.2, -0.15) is 0 Å². The first-order chi connectivity index (χ1) is 10.3. The highest BCUT2D eigenvalue weighted by Crippen LogP contribution is 2.23. The van der Waals surface area contributed by atoms with E-state index in [4.69, 9.17) is 0 Å². The summed E-state index contributed by atoms with van der Waals surface area (Å²) < 4.78 is 53.7. The number of sulfonamides is 2. The highest BCUT2D eigenvalue weighted by molar-refractivity contribution is 7.90. The smallest absolute Gasteiger partial charge is 0.211 e. The van der Waals surface area contributed by atoms with Gasteiger partial charge in [0.1, 0.15) is 0 Å². The molecule has 1 aliphatic rings. The zero-order valence-corrected chi connectivity index (χ0v) is 14.2. The summed E-state index contributed by atoms with van der Waals surface area (Å²) in [6.45, 7) is 2.39. The predicted molar refractivity (Wildman–Crippen MR) is 84.5 cm³/mol. The Kier molecular flexibility index (Phi) is 5.60. The molecule has 0 heterocycles. The van der Waals surface area contributed by atoms with Crippen molar-refractivity contribution >= 4 is 20.0 Å². The SMILES string of the molecule is CCCCCNS(=O)(=O)c1cccc(S(=O)(=O)NC2CC2)c1. The van der Waals surface area contributed by atoms with Crippen molar-refractivity contribution < 1.29 is 16.8 Å². The summed E-state index contributed by atoms with van der Waals surface area (Å²) in [6.07, 6.45) is 4.37. The van der Waals surface area contributed by atoms with Crippen molar-refractivity contribution in [3.63, 3.8) is 0 Å². The van der Waals surface area contributed by atoms with Crippen LogP contribution in [0, 0.1) is 0 Å². The first kappa shape index (κ1) is 17.4. The van der Waals surface area contributed by atoms with Gasteiger partial charge in [0.25, 0.3) is 0 Å². The molecule has 0 aliphatic heterocycles. The van der Waals surface area contributed by atoms with E-state index in [2.05, 4.69) is 9.44 Å². The van der Waals surface area contributed by atoms with Gasteiger partial charge in [0.15, 0.2) is 0 Å². The molecule has 6 nitrogen and oxygen atoms in total. The van der Waals surface area contributed by atoms with Crippen LogP contribution < -0.4 is 9.44 Å². The molecule has 22 heavy (non-hydrogen) atoms.